The van der Waals surface area contributed by atoms with Crippen LogP contribution in [0.1, 0.15) is 38.5 Å². The minimum absolute atomic E-state index is 0.265. The van der Waals surface area contributed by atoms with Gasteiger partial charge in [0.1, 0.15) is 12.2 Å². The molecule has 0 radical (unpaired) electrons. The fourth-order valence-corrected chi connectivity index (χ4v) is 2.21. The van der Waals surface area contributed by atoms with Crippen LogP contribution in [0.4, 0.5) is 8.78 Å². The van der Waals surface area contributed by atoms with Crippen molar-refractivity contribution in [3.8, 4) is 0 Å². The molecule has 0 atom stereocenters. The summed E-state index contributed by atoms with van der Waals surface area (Å²) in [6, 6.07) is 0. The Morgan fingerprint density at radius 1 is 1.20 bits per heavy atom. The molecule has 6 nitrogen and oxygen atoms in total. The second kappa shape index (κ2) is 6.57. The number of esters is 1. The number of ether oxygens (including phenoxy) is 1. The summed E-state index contributed by atoms with van der Waals surface area (Å²) >= 11 is 0. The average molecular weight is 314 g/mol. The van der Waals surface area contributed by atoms with Crippen molar-refractivity contribution in [2.75, 3.05) is 6.61 Å². The molecule has 1 fully saturated rings. The van der Waals surface area contributed by atoms with E-state index in [1.54, 1.807) is 0 Å². The minimum Gasteiger partial charge on any atom is -0.458 e. The second-order valence-corrected chi connectivity index (χ2v) is 6.30. The van der Waals surface area contributed by atoms with Gasteiger partial charge >= 0.3 is 21.3 Å². The molecule has 20 heavy (non-hydrogen) atoms. The van der Waals surface area contributed by atoms with Gasteiger partial charge in [0.05, 0.1) is 0 Å². The first-order valence-electron chi connectivity index (χ1n) is 6.16. The Balaban J connectivity index is 2.42. The van der Waals surface area contributed by atoms with Crippen molar-refractivity contribution in [3.05, 3.63) is 0 Å². The van der Waals surface area contributed by atoms with Crippen LogP contribution in [0.5, 0.6) is 0 Å². The minimum atomic E-state index is -5.64. The quantitative estimate of drug-likeness (QED) is 0.454. The summed E-state index contributed by atoms with van der Waals surface area (Å²) in [5.41, 5.74) is 0. The summed E-state index contributed by atoms with van der Waals surface area (Å²) in [6.45, 7) is -1.80. The second-order valence-electron chi connectivity index (χ2n) is 4.75. The van der Waals surface area contributed by atoms with Crippen LogP contribution in [0.3, 0.4) is 0 Å². The summed E-state index contributed by atoms with van der Waals surface area (Å²) in [7, 11) is -5.64. The zero-order valence-corrected chi connectivity index (χ0v) is 11.5. The van der Waals surface area contributed by atoms with Crippen molar-refractivity contribution in [2.45, 2.75) is 43.8 Å². The maximum absolute atomic E-state index is 12.8. The summed E-state index contributed by atoms with van der Waals surface area (Å²) in [6.07, 6.45) is 3.44. The molecule has 0 unspecified atom stereocenters. The van der Waals surface area contributed by atoms with Crippen molar-refractivity contribution < 1.29 is 36.1 Å². The zero-order chi connectivity index (χ0) is 15.4. The lowest BCUT2D eigenvalue weighted by Gasteiger charge is -2.20. The maximum Gasteiger partial charge on any atom is 0.402 e. The summed E-state index contributed by atoms with van der Waals surface area (Å²) < 4.78 is 58.4. The number of alkyl halides is 2. The van der Waals surface area contributed by atoms with Crippen molar-refractivity contribution in [1.82, 2.24) is 0 Å². The number of halogens is 2. The van der Waals surface area contributed by atoms with Gasteiger partial charge in [-0.1, -0.05) is 19.3 Å². The van der Waals surface area contributed by atoms with Crippen LogP contribution in [0.2, 0.25) is 0 Å². The van der Waals surface area contributed by atoms with Crippen LogP contribution in [-0.2, 0) is 24.4 Å². The topological polar surface area (TPSA) is 97.7 Å². The largest absolute Gasteiger partial charge is 0.458 e. The summed E-state index contributed by atoms with van der Waals surface area (Å²) in [4.78, 5) is 22.9. The van der Waals surface area contributed by atoms with Gasteiger partial charge in [-0.25, -0.2) is 0 Å². The molecule has 0 amide bonds. The van der Waals surface area contributed by atoms with Crippen LogP contribution in [0.25, 0.3) is 0 Å². The molecule has 0 aliphatic heterocycles. The number of hydrogen-bond donors (Lipinski definition) is 1. The lowest BCUT2D eigenvalue weighted by Crippen LogP contribution is -2.35. The van der Waals surface area contributed by atoms with Gasteiger partial charge in [-0.2, -0.15) is 17.2 Å². The van der Waals surface area contributed by atoms with E-state index < -0.39 is 34.4 Å². The van der Waals surface area contributed by atoms with E-state index in [9.17, 15) is 26.8 Å². The third-order valence-electron chi connectivity index (χ3n) is 3.16. The van der Waals surface area contributed by atoms with Gasteiger partial charge in [0.15, 0.2) is 6.61 Å². The molecular formula is C11H16F2O6S. The Morgan fingerprint density at radius 2 is 1.75 bits per heavy atom. The van der Waals surface area contributed by atoms with Gasteiger partial charge in [0, 0.05) is 5.92 Å². The number of hydrogen-bond acceptors (Lipinski definition) is 5. The van der Waals surface area contributed by atoms with Crippen LogP contribution >= 0.6 is 0 Å². The molecule has 116 valence electrons. The highest BCUT2D eigenvalue weighted by atomic mass is 32.2. The monoisotopic (exact) mass is 314 g/mol. The third-order valence-corrected chi connectivity index (χ3v) is 4.03. The smallest absolute Gasteiger partial charge is 0.402 e. The zero-order valence-electron chi connectivity index (χ0n) is 10.7. The van der Waals surface area contributed by atoms with E-state index in [2.05, 4.69) is 4.74 Å². The molecule has 1 N–H and O–H groups in total. The van der Waals surface area contributed by atoms with Gasteiger partial charge in [0.2, 0.25) is 0 Å². The van der Waals surface area contributed by atoms with Crippen LogP contribution in [0.15, 0.2) is 0 Å². The summed E-state index contributed by atoms with van der Waals surface area (Å²) in [5.74, 6) is -1.87. The lowest BCUT2D eigenvalue weighted by molar-refractivity contribution is -0.152. The Bertz CT molecular complexity index is 467. The van der Waals surface area contributed by atoms with E-state index in [1.165, 1.54) is 0 Å². The molecule has 0 spiro atoms. The molecule has 1 rings (SSSR count). The van der Waals surface area contributed by atoms with Crippen molar-refractivity contribution in [3.63, 3.8) is 0 Å². The van der Waals surface area contributed by atoms with Crippen molar-refractivity contribution >= 4 is 21.9 Å². The van der Waals surface area contributed by atoms with Gasteiger partial charge < -0.3 is 4.74 Å². The number of rotatable bonds is 6. The molecule has 1 saturated carbocycles. The van der Waals surface area contributed by atoms with Gasteiger partial charge in [-0.3, -0.25) is 14.1 Å². The predicted octanol–water partition coefficient (Wildman–Crippen LogP) is 1.55. The number of Topliss-reactive ketones (excluding diaryl/α,β-unsaturated/α-hetero) is 1. The van der Waals surface area contributed by atoms with E-state index in [0.717, 1.165) is 19.3 Å². The highest BCUT2D eigenvalue weighted by molar-refractivity contribution is 7.86. The third kappa shape index (κ3) is 4.78. The Labute approximate surface area is 115 Å². The van der Waals surface area contributed by atoms with E-state index in [4.69, 9.17) is 4.55 Å². The standard InChI is InChI=1S/C11H16F2O6S/c12-11(13,20(16,17)18)7-19-10(15)6-9(14)8-4-2-1-3-5-8/h8H,1-7H2,(H,16,17,18). The van der Waals surface area contributed by atoms with Crippen molar-refractivity contribution in [1.29, 1.82) is 0 Å². The fourth-order valence-electron chi connectivity index (χ4n) is 2.00. The van der Waals surface area contributed by atoms with Gasteiger partial charge in [-0.05, 0) is 12.8 Å². The summed E-state index contributed by atoms with van der Waals surface area (Å²) in [5, 5.41) is -4.57. The molecule has 1 aliphatic rings. The van der Waals surface area contributed by atoms with Crippen LogP contribution in [-0.4, -0.2) is 36.6 Å². The van der Waals surface area contributed by atoms with E-state index in [1.807, 2.05) is 0 Å². The van der Waals surface area contributed by atoms with E-state index in [0.29, 0.717) is 12.8 Å². The molecule has 0 bridgehead atoms. The Morgan fingerprint density at radius 3 is 2.25 bits per heavy atom. The van der Waals surface area contributed by atoms with E-state index in [-0.39, 0.29) is 11.7 Å². The molecule has 0 aromatic heterocycles. The molecule has 0 aromatic carbocycles. The van der Waals surface area contributed by atoms with Crippen LogP contribution in [0, 0.1) is 5.92 Å². The van der Waals surface area contributed by atoms with Crippen LogP contribution < -0.4 is 0 Å². The normalized spacial score (nSPS) is 17.8. The molecular weight excluding hydrogens is 298 g/mol. The first-order chi connectivity index (χ1) is 9.13. The predicted molar refractivity (Wildman–Crippen MR) is 63.7 cm³/mol. The number of ketones is 1. The molecule has 0 heterocycles. The molecule has 1 aliphatic carbocycles. The number of carbonyl (C=O) groups excluding carboxylic acids is 2. The van der Waals surface area contributed by atoms with Crippen molar-refractivity contribution in [2.24, 2.45) is 5.92 Å². The first-order valence-corrected chi connectivity index (χ1v) is 7.60. The Hall–Kier alpha value is -1.09. The van der Waals surface area contributed by atoms with E-state index >= 15 is 0 Å². The molecule has 0 aromatic rings. The Kier molecular flexibility index (Phi) is 5.58. The SMILES string of the molecule is O=C(CC(=O)C1CCCCC1)OCC(F)(F)S(=O)(=O)O. The molecule has 0 saturated heterocycles. The fraction of sp³-hybridized carbons (Fsp3) is 0.818. The highest BCUT2D eigenvalue weighted by Gasteiger charge is 2.45. The molecule has 9 heteroatoms. The first kappa shape index (κ1) is 17.0. The average Bonchev–Trinajstić information content (AvgIpc) is 2.36. The number of carbonyl (C=O) groups is 2. The maximum atomic E-state index is 12.8. The highest BCUT2D eigenvalue weighted by Crippen LogP contribution is 2.25. The van der Waals surface area contributed by atoms with Gasteiger partial charge in [0.25, 0.3) is 0 Å². The van der Waals surface area contributed by atoms with Gasteiger partial charge in [-0.15, -0.1) is 0 Å². The lowest BCUT2D eigenvalue weighted by atomic mass is 9.85.